The monoisotopic (exact) mass is 383 g/mol. The molecule has 0 radical (unpaired) electrons. The summed E-state index contributed by atoms with van der Waals surface area (Å²) in [6.45, 7) is 3.77. The number of piperidine rings is 1. The van der Waals surface area contributed by atoms with Crippen LogP contribution in [0, 0.1) is 12.7 Å². The number of rotatable bonds is 2. The largest absolute Gasteiger partial charge is 0.317 e. The Balaban J connectivity index is 1.62. The van der Waals surface area contributed by atoms with E-state index in [0.29, 0.717) is 28.3 Å². The number of H-pyrrole nitrogens is 1. The number of benzene rings is 1. The van der Waals surface area contributed by atoms with Crippen LogP contribution in [0.1, 0.15) is 29.5 Å². The Kier molecular flexibility index (Phi) is 3.84. The smallest absolute Gasteiger partial charge is 0.225 e. The molecule has 1 aliphatic rings. The highest BCUT2D eigenvalue weighted by atomic mass is 32.1. The molecular weight excluding hydrogens is 365 g/mol. The van der Waals surface area contributed by atoms with Crippen LogP contribution in [-0.2, 0) is 0 Å². The maximum absolute atomic E-state index is 14.8. The Morgan fingerprint density at radius 2 is 2.04 bits per heavy atom. The van der Waals surface area contributed by atoms with Crippen LogP contribution in [-0.4, -0.2) is 32.7 Å². The molecule has 5 rings (SSSR count). The van der Waals surface area contributed by atoms with Crippen LogP contribution < -0.4 is 10.7 Å². The second kappa shape index (κ2) is 6.24. The number of hydrogen-bond acceptors (Lipinski definition) is 5. The number of aromatic nitrogens is 4. The summed E-state index contributed by atoms with van der Waals surface area (Å²) >= 11 is 1.55. The third-order valence-corrected chi connectivity index (χ3v) is 6.19. The number of aryl methyl sites for hydroxylation is 1. The van der Waals surface area contributed by atoms with Crippen LogP contribution in [0.3, 0.4) is 0 Å². The average Bonchev–Trinajstić information content (AvgIpc) is 3.26. The van der Waals surface area contributed by atoms with Gasteiger partial charge in [-0.3, -0.25) is 9.89 Å². The van der Waals surface area contributed by atoms with Crippen molar-refractivity contribution >= 4 is 27.2 Å². The highest BCUT2D eigenvalue weighted by Gasteiger charge is 2.21. The zero-order valence-electron chi connectivity index (χ0n) is 14.8. The van der Waals surface area contributed by atoms with Crippen molar-refractivity contribution in [2.45, 2.75) is 25.7 Å². The Labute approximate surface area is 158 Å². The summed E-state index contributed by atoms with van der Waals surface area (Å²) in [4.78, 5) is 21.1. The molecule has 0 saturated carbocycles. The molecule has 0 atom stereocenters. The summed E-state index contributed by atoms with van der Waals surface area (Å²) in [6, 6.07) is 4.81. The van der Waals surface area contributed by atoms with E-state index in [-0.39, 0.29) is 11.2 Å². The van der Waals surface area contributed by atoms with Crippen molar-refractivity contribution < 1.29 is 4.39 Å². The topological polar surface area (TPSA) is 75.1 Å². The van der Waals surface area contributed by atoms with Gasteiger partial charge in [-0.25, -0.2) is 18.9 Å². The van der Waals surface area contributed by atoms with E-state index in [4.69, 9.17) is 0 Å². The molecule has 4 heterocycles. The van der Waals surface area contributed by atoms with Gasteiger partial charge in [0.05, 0.1) is 27.3 Å². The fourth-order valence-electron chi connectivity index (χ4n) is 3.67. The summed E-state index contributed by atoms with van der Waals surface area (Å²) in [6.07, 6.45) is 3.80. The minimum absolute atomic E-state index is 0.197. The zero-order valence-corrected chi connectivity index (χ0v) is 15.6. The molecule has 1 fully saturated rings. The molecule has 1 aliphatic heterocycles. The van der Waals surface area contributed by atoms with Gasteiger partial charge in [0, 0.05) is 17.5 Å². The van der Waals surface area contributed by atoms with Crippen LogP contribution in [0.2, 0.25) is 0 Å². The molecule has 0 spiro atoms. The fourth-order valence-corrected chi connectivity index (χ4v) is 4.86. The van der Waals surface area contributed by atoms with Crippen molar-refractivity contribution in [3.05, 3.63) is 51.1 Å². The van der Waals surface area contributed by atoms with E-state index in [1.165, 1.54) is 12.1 Å². The first-order valence-electron chi connectivity index (χ1n) is 8.98. The van der Waals surface area contributed by atoms with E-state index in [2.05, 4.69) is 20.4 Å². The number of nitrogens with zero attached hydrogens (tertiary/aromatic N) is 3. The van der Waals surface area contributed by atoms with Crippen molar-refractivity contribution in [3.63, 3.8) is 0 Å². The maximum Gasteiger partial charge on any atom is 0.225 e. The van der Waals surface area contributed by atoms with Gasteiger partial charge in [-0.1, -0.05) is 0 Å². The molecule has 3 aromatic heterocycles. The van der Waals surface area contributed by atoms with Crippen LogP contribution in [0.5, 0.6) is 0 Å². The minimum Gasteiger partial charge on any atom is -0.317 e. The molecule has 138 valence electrons. The molecule has 6 nitrogen and oxygen atoms in total. The lowest BCUT2D eigenvalue weighted by Gasteiger charge is -2.20. The highest BCUT2D eigenvalue weighted by molar-refractivity contribution is 7.18. The summed E-state index contributed by atoms with van der Waals surface area (Å²) in [5.74, 6) is 0.0262. The first kappa shape index (κ1) is 16.6. The number of fused-ring (bicyclic) bond motifs is 2. The lowest BCUT2D eigenvalue weighted by atomic mass is 9.99. The second-order valence-corrected chi connectivity index (χ2v) is 8.05. The van der Waals surface area contributed by atoms with E-state index in [1.54, 1.807) is 22.0 Å². The van der Waals surface area contributed by atoms with Gasteiger partial charge in [-0.05, 0) is 45.0 Å². The summed E-state index contributed by atoms with van der Waals surface area (Å²) < 4.78 is 17.1. The Bertz CT molecular complexity index is 1220. The molecular formula is C19H18FN5OS. The standard InChI is InChI=1S/C19H18FN5OS/c1-10-9-25-18(22-10)15(26)8-14(24-25)12-6-13(20)17-16(7-12)27-19(23-17)11-2-4-21-5-3-11/h6-9,11,21,24H,2-5H2,1H3. The first-order valence-corrected chi connectivity index (χ1v) is 9.80. The number of halogens is 1. The maximum atomic E-state index is 14.8. The van der Waals surface area contributed by atoms with Crippen LogP contribution >= 0.6 is 11.3 Å². The highest BCUT2D eigenvalue weighted by Crippen LogP contribution is 2.35. The number of imidazole rings is 1. The molecule has 0 unspecified atom stereocenters. The predicted octanol–water partition coefficient (Wildman–Crippen LogP) is 3.21. The number of hydrogen-bond donors (Lipinski definition) is 2. The SMILES string of the molecule is Cc1cn2[nH]c(-c3cc(F)c4nc(C5CCNCC5)sc4c3)cc(=O)c2n1. The van der Waals surface area contributed by atoms with Gasteiger partial charge in [0.15, 0.2) is 11.5 Å². The van der Waals surface area contributed by atoms with Gasteiger partial charge >= 0.3 is 0 Å². The van der Waals surface area contributed by atoms with Crippen molar-refractivity contribution in [2.24, 2.45) is 0 Å². The van der Waals surface area contributed by atoms with Gasteiger partial charge in [0.2, 0.25) is 5.43 Å². The van der Waals surface area contributed by atoms with Gasteiger partial charge in [0.1, 0.15) is 5.52 Å². The second-order valence-electron chi connectivity index (χ2n) is 6.99. The summed E-state index contributed by atoms with van der Waals surface area (Å²) in [7, 11) is 0. The quantitative estimate of drug-likeness (QED) is 0.557. The molecule has 0 amide bonds. The Morgan fingerprint density at radius 3 is 2.85 bits per heavy atom. The van der Waals surface area contributed by atoms with E-state index >= 15 is 0 Å². The molecule has 4 aromatic rings. The van der Waals surface area contributed by atoms with Crippen LogP contribution in [0.25, 0.3) is 27.1 Å². The fraction of sp³-hybridized carbons (Fsp3) is 0.316. The van der Waals surface area contributed by atoms with Gasteiger partial charge in [0.25, 0.3) is 0 Å². The lowest BCUT2D eigenvalue weighted by molar-refractivity contribution is 0.459. The molecule has 0 bridgehead atoms. The molecule has 1 saturated heterocycles. The van der Waals surface area contributed by atoms with Gasteiger partial charge < -0.3 is 5.32 Å². The zero-order chi connectivity index (χ0) is 18.5. The lowest BCUT2D eigenvalue weighted by Crippen LogP contribution is -2.26. The number of aromatic amines is 1. The van der Waals surface area contributed by atoms with Crippen LogP contribution in [0.4, 0.5) is 4.39 Å². The summed E-state index contributed by atoms with van der Waals surface area (Å²) in [5, 5.41) is 7.47. The summed E-state index contributed by atoms with van der Waals surface area (Å²) in [5.41, 5.74) is 2.49. The Morgan fingerprint density at radius 1 is 1.22 bits per heavy atom. The average molecular weight is 383 g/mol. The van der Waals surface area contributed by atoms with Crippen molar-refractivity contribution in [1.29, 1.82) is 0 Å². The normalized spacial score (nSPS) is 15.8. The molecule has 27 heavy (non-hydrogen) atoms. The molecule has 8 heteroatoms. The third-order valence-electron chi connectivity index (χ3n) is 5.03. The third kappa shape index (κ3) is 2.85. The van der Waals surface area contributed by atoms with Crippen molar-refractivity contribution in [1.82, 2.24) is 24.9 Å². The van der Waals surface area contributed by atoms with Gasteiger partial charge in [-0.2, -0.15) is 0 Å². The van der Waals surface area contributed by atoms with E-state index in [1.807, 2.05) is 13.0 Å². The number of nitrogens with one attached hydrogen (secondary N) is 2. The van der Waals surface area contributed by atoms with E-state index in [9.17, 15) is 9.18 Å². The van der Waals surface area contributed by atoms with Crippen molar-refractivity contribution in [2.75, 3.05) is 13.1 Å². The molecule has 2 N–H and O–H groups in total. The van der Waals surface area contributed by atoms with E-state index in [0.717, 1.165) is 41.3 Å². The van der Waals surface area contributed by atoms with Crippen LogP contribution in [0.15, 0.2) is 29.2 Å². The molecule has 0 aliphatic carbocycles. The Hall–Kier alpha value is -2.58. The molecule has 1 aromatic carbocycles. The predicted molar refractivity (Wildman–Crippen MR) is 104 cm³/mol. The van der Waals surface area contributed by atoms with Gasteiger partial charge in [-0.15, -0.1) is 11.3 Å². The number of thiazole rings is 1. The minimum atomic E-state index is -0.360. The van der Waals surface area contributed by atoms with Crippen molar-refractivity contribution in [3.8, 4) is 11.3 Å². The first-order chi connectivity index (χ1) is 13.1. The van der Waals surface area contributed by atoms with E-state index < -0.39 is 0 Å².